The fourth-order valence-corrected chi connectivity index (χ4v) is 1.45. The molecule has 0 radical (unpaired) electrons. The molecule has 80 valence electrons. The van der Waals surface area contributed by atoms with Gasteiger partial charge in [-0.25, -0.2) is 0 Å². The molecule has 13 heavy (non-hydrogen) atoms. The van der Waals surface area contributed by atoms with E-state index in [9.17, 15) is 0 Å². The second-order valence-corrected chi connectivity index (χ2v) is 4.67. The monoisotopic (exact) mass is 204 g/mol. The van der Waals surface area contributed by atoms with Crippen molar-refractivity contribution in [3.8, 4) is 0 Å². The Morgan fingerprint density at radius 3 is 2.15 bits per heavy atom. The molecule has 2 heteroatoms. The standard InChI is InChI=1S/C11H24OS/c1-9(2)11(4)12-7-5-10(3)6-8-13/h9-11,13H,5-8H2,1-4H3. The largest absolute Gasteiger partial charge is 0.378 e. The quantitative estimate of drug-likeness (QED) is 0.625. The molecule has 0 aromatic rings. The minimum Gasteiger partial charge on any atom is -0.378 e. The summed E-state index contributed by atoms with van der Waals surface area (Å²) in [7, 11) is 0. The third-order valence-electron chi connectivity index (χ3n) is 2.55. The molecule has 0 aliphatic heterocycles. The highest BCUT2D eigenvalue weighted by Crippen LogP contribution is 2.11. The summed E-state index contributed by atoms with van der Waals surface area (Å²) < 4.78 is 5.70. The first-order valence-electron chi connectivity index (χ1n) is 5.30. The van der Waals surface area contributed by atoms with Crippen LogP contribution in [0.15, 0.2) is 0 Å². The van der Waals surface area contributed by atoms with E-state index in [4.69, 9.17) is 4.74 Å². The molecule has 0 aliphatic rings. The topological polar surface area (TPSA) is 9.23 Å². The van der Waals surface area contributed by atoms with Gasteiger partial charge in [-0.05, 0) is 37.4 Å². The van der Waals surface area contributed by atoms with Gasteiger partial charge in [0, 0.05) is 6.61 Å². The van der Waals surface area contributed by atoms with Crippen LogP contribution in [-0.2, 0) is 4.74 Å². The van der Waals surface area contributed by atoms with Crippen molar-refractivity contribution in [3.63, 3.8) is 0 Å². The second-order valence-electron chi connectivity index (χ2n) is 4.23. The van der Waals surface area contributed by atoms with Crippen molar-refractivity contribution in [2.75, 3.05) is 12.4 Å². The van der Waals surface area contributed by atoms with E-state index >= 15 is 0 Å². The predicted molar refractivity (Wildman–Crippen MR) is 62.5 cm³/mol. The zero-order valence-electron chi connectivity index (χ0n) is 9.42. The van der Waals surface area contributed by atoms with Gasteiger partial charge in [-0.3, -0.25) is 0 Å². The molecule has 0 aromatic heterocycles. The highest BCUT2D eigenvalue weighted by Gasteiger charge is 2.07. The fourth-order valence-electron chi connectivity index (χ4n) is 1.01. The van der Waals surface area contributed by atoms with Crippen LogP contribution in [0.4, 0.5) is 0 Å². The first kappa shape index (κ1) is 13.3. The van der Waals surface area contributed by atoms with Gasteiger partial charge in [0.15, 0.2) is 0 Å². The Labute approximate surface area is 88.7 Å². The molecule has 0 spiro atoms. The van der Waals surface area contributed by atoms with Crippen molar-refractivity contribution >= 4 is 12.6 Å². The molecule has 0 rings (SSSR count). The Kier molecular flexibility index (Phi) is 7.87. The molecule has 0 amide bonds. The van der Waals surface area contributed by atoms with Crippen LogP contribution in [0.1, 0.15) is 40.5 Å². The number of hydrogen-bond donors (Lipinski definition) is 1. The van der Waals surface area contributed by atoms with Crippen LogP contribution in [0.2, 0.25) is 0 Å². The zero-order chi connectivity index (χ0) is 10.3. The van der Waals surface area contributed by atoms with Gasteiger partial charge in [0.2, 0.25) is 0 Å². The molecule has 0 saturated carbocycles. The van der Waals surface area contributed by atoms with Crippen LogP contribution in [0.25, 0.3) is 0 Å². The van der Waals surface area contributed by atoms with Crippen LogP contribution in [0.5, 0.6) is 0 Å². The van der Waals surface area contributed by atoms with Crippen molar-refractivity contribution in [3.05, 3.63) is 0 Å². The van der Waals surface area contributed by atoms with Crippen LogP contribution >= 0.6 is 12.6 Å². The maximum absolute atomic E-state index is 5.70. The van der Waals surface area contributed by atoms with Crippen molar-refractivity contribution in [2.24, 2.45) is 11.8 Å². The van der Waals surface area contributed by atoms with Gasteiger partial charge in [0.05, 0.1) is 6.10 Å². The van der Waals surface area contributed by atoms with Crippen LogP contribution < -0.4 is 0 Å². The summed E-state index contributed by atoms with van der Waals surface area (Å²) in [6, 6.07) is 0. The summed E-state index contributed by atoms with van der Waals surface area (Å²) in [4.78, 5) is 0. The van der Waals surface area contributed by atoms with Gasteiger partial charge in [-0.15, -0.1) is 0 Å². The molecular weight excluding hydrogens is 180 g/mol. The van der Waals surface area contributed by atoms with E-state index in [1.165, 1.54) is 6.42 Å². The molecule has 2 atom stereocenters. The van der Waals surface area contributed by atoms with Crippen LogP contribution in [0, 0.1) is 11.8 Å². The second kappa shape index (κ2) is 7.69. The fraction of sp³-hybridized carbons (Fsp3) is 1.00. The van der Waals surface area contributed by atoms with Gasteiger partial charge >= 0.3 is 0 Å². The maximum atomic E-state index is 5.70. The third kappa shape index (κ3) is 7.39. The summed E-state index contributed by atoms with van der Waals surface area (Å²) in [5.74, 6) is 2.36. The Hall–Kier alpha value is 0.310. The smallest absolute Gasteiger partial charge is 0.0569 e. The Bertz CT molecular complexity index is 115. The van der Waals surface area contributed by atoms with Gasteiger partial charge in [0.25, 0.3) is 0 Å². The molecule has 0 heterocycles. The van der Waals surface area contributed by atoms with E-state index < -0.39 is 0 Å². The minimum absolute atomic E-state index is 0.392. The average molecular weight is 204 g/mol. The van der Waals surface area contributed by atoms with E-state index in [1.54, 1.807) is 0 Å². The summed E-state index contributed by atoms with van der Waals surface area (Å²) >= 11 is 4.21. The highest BCUT2D eigenvalue weighted by atomic mass is 32.1. The molecule has 0 aromatic carbocycles. The average Bonchev–Trinajstić information content (AvgIpc) is 2.04. The maximum Gasteiger partial charge on any atom is 0.0569 e. The normalized spacial score (nSPS) is 16.2. The van der Waals surface area contributed by atoms with Gasteiger partial charge in [-0.2, -0.15) is 12.6 Å². The molecular formula is C11H24OS. The Morgan fingerprint density at radius 2 is 1.69 bits per heavy atom. The zero-order valence-corrected chi connectivity index (χ0v) is 10.3. The van der Waals surface area contributed by atoms with E-state index in [-0.39, 0.29) is 0 Å². The lowest BCUT2D eigenvalue weighted by Gasteiger charge is -2.18. The molecule has 2 unspecified atom stereocenters. The lowest BCUT2D eigenvalue weighted by Crippen LogP contribution is -2.17. The van der Waals surface area contributed by atoms with Gasteiger partial charge in [-0.1, -0.05) is 20.8 Å². The van der Waals surface area contributed by atoms with Crippen molar-refractivity contribution in [1.29, 1.82) is 0 Å². The highest BCUT2D eigenvalue weighted by molar-refractivity contribution is 7.80. The SMILES string of the molecule is CC(CCS)CCOC(C)C(C)C. The van der Waals surface area contributed by atoms with Crippen molar-refractivity contribution in [2.45, 2.75) is 46.6 Å². The van der Waals surface area contributed by atoms with E-state index in [0.29, 0.717) is 12.0 Å². The lowest BCUT2D eigenvalue weighted by atomic mass is 10.1. The molecule has 0 fully saturated rings. The Morgan fingerprint density at radius 1 is 1.08 bits per heavy atom. The number of thiol groups is 1. The van der Waals surface area contributed by atoms with Crippen LogP contribution in [-0.4, -0.2) is 18.5 Å². The summed E-state index contributed by atoms with van der Waals surface area (Å²) in [6.07, 6.45) is 2.75. The molecule has 0 bridgehead atoms. The molecule has 0 aliphatic carbocycles. The number of hydrogen-bond acceptors (Lipinski definition) is 2. The van der Waals surface area contributed by atoms with Crippen LogP contribution in [0.3, 0.4) is 0 Å². The molecule has 0 N–H and O–H groups in total. The number of rotatable bonds is 7. The number of ether oxygens (including phenoxy) is 1. The minimum atomic E-state index is 0.392. The van der Waals surface area contributed by atoms with Gasteiger partial charge < -0.3 is 4.74 Å². The van der Waals surface area contributed by atoms with E-state index in [2.05, 4.69) is 40.3 Å². The predicted octanol–water partition coefficient (Wildman–Crippen LogP) is 3.39. The van der Waals surface area contributed by atoms with Crippen molar-refractivity contribution in [1.82, 2.24) is 0 Å². The summed E-state index contributed by atoms with van der Waals surface area (Å²) in [5.41, 5.74) is 0. The molecule has 1 nitrogen and oxygen atoms in total. The van der Waals surface area contributed by atoms with Gasteiger partial charge in [0.1, 0.15) is 0 Å². The van der Waals surface area contributed by atoms with Crippen molar-refractivity contribution < 1.29 is 4.74 Å². The Balaban J connectivity index is 3.33. The first-order valence-corrected chi connectivity index (χ1v) is 5.93. The lowest BCUT2D eigenvalue weighted by molar-refractivity contribution is 0.0286. The third-order valence-corrected chi connectivity index (χ3v) is 2.81. The van der Waals surface area contributed by atoms with E-state index in [1.807, 2.05) is 0 Å². The first-order chi connectivity index (χ1) is 6.07. The molecule has 0 saturated heterocycles. The van der Waals surface area contributed by atoms with E-state index in [0.717, 1.165) is 24.7 Å². The summed E-state index contributed by atoms with van der Waals surface area (Å²) in [5, 5.41) is 0. The summed E-state index contributed by atoms with van der Waals surface area (Å²) in [6.45, 7) is 9.70.